The molecule has 0 radical (unpaired) electrons. The topological polar surface area (TPSA) is 296 Å². The highest BCUT2D eigenvalue weighted by Gasteiger charge is 2.10. The summed E-state index contributed by atoms with van der Waals surface area (Å²) in [5.41, 5.74) is 7.80. The highest BCUT2D eigenvalue weighted by Crippen LogP contribution is 2.07. The number of alkyl halides is 2. The van der Waals surface area contributed by atoms with E-state index < -0.39 is 22.5 Å². The fourth-order valence-corrected chi connectivity index (χ4v) is 2.81. The number of halogens is 3. The molecule has 18 nitrogen and oxygen atoms in total. The van der Waals surface area contributed by atoms with Crippen molar-refractivity contribution in [3.63, 3.8) is 0 Å². The third-order valence-corrected chi connectivity index (χ3v) is 5.12. The summed E-state index contributed by atoms with van der Waals surface area (Å²) in [7, 11) is 3.12. The number of nitrogens with one attached hydrogen (secondary N) is 7. The SMILES string of the molecule is CCC=C=O.CCCN.CCCNC1=NCC(=O)N1.CCCNc1cc(=O)[nH]c(=O)[nH]1.ClCCl.NC(=O)CN=PP.O=c1cc(Cl)[nH]c(=O)[nH]1. The number of aromatic nitrogens is 4. The first kappa shape index (κ1) is 53.2. The number of carbonyl (C=O) groups excluding carboxylic acids is 3. The minimum atomic E-state index is -0.590. The second kappa shape index (κ2) is 39.8. The van der Waals surface area contributed by atoms with Gasteiger partial charge < -0.3 is 22.1 Å². The van der Waals surface area contributed by atoms with Crippen LogP contribution in [0.5, 0.6) is 0 Å². The predicted molar refractivity (Wildman–Crippen MR) is 207 cm³/mol. The van der Waals surface area contributed by atoms with Crippen LogP contribution in [0.2, 0.25) is 5.15 Å². The van der Waals surface area contributed by atoms with Crippen LogP contribution in [-0.2, 0) is 14.4 Å². The van der Waals surface area contributed by atoms with Crippen LogP contribution in [0.25, 0.3) is 0 Å². The quantitative estimate of drug-likeness (QED) is 0.0769. The van der Waals surface area contributed by atoms with Gasteiger partial charge in [-0.05, 0) is 38.3 Å². The van der Waals surface area contributed by atoms with Crippen molar-refractivity contribution in [3.8, 4) is 0 Å². The van der Waals surface area contributed by atoms with Crippen LogP contribution in [0.4, 0.5) is 5.82 Å². The molecule has 23 heteroatoms. The van der Waals surface area contributed by atoms with E-state index in [4.69, 9.17) is 46.3 Å². The summed E-state index contributed by atoms with van der Waals surface area (Å²) in [4.78, 5) is 84.4. The molecule has 0 aliphatic carbocycles. The largest absolute Gasteiger partial charge is 0.371 e. The summed E-state index contributed by atoms with van der Waals surface area (Å²) >= 11 is 14.8. The van der Waals surface area contributed by atoms with Crippen molar-refractivity contribution in [3.05, 3.63) is 65.0 Å². The second-order valence-corrected chi connectivity index (χ2v) is 10.9. The number of rotatable bonds is 9. The normalized spacial score (nSPS) is 10.3. The average Bonchev–Trinajstić information content (AvgIpc) is 3.47. The Morgan fingerprint density at radius 2 is 1.50 bits per heavy atom. The number of anilines is 1. The number of H-pyrrole nitrogens is 4. The van der Waals surface area contributed by atoms with Gasteiger partial charge in [0.2, 0.25) is 11.8 Å². The van der Waals surface area contributed by atoms with E-state index in [-0.39, 0.29) is 35.4 Å². The first-order valence-corrected chi connectivity index (χ1v) is 18.7. The van der Waals surface area contributed by atoms with E-state index in [1.807, 2.05) is 18.8 Å². The van der Waals surface area contributed by atoms with E-state index in [0.717, 1.165) is 59.4 Å². The highest BCUT2D eigenvalue weighted by atomic mass is 35.5. The van der Waals surface area contributed by atoms with Gasteiger partial charge in [0, 0.05) is 33.3 Å². The molecule has 50 heavy (non-hydrogen) atoms. The number of nitrogens with zero attached hydrogens (tertiary/aromatic N) is 2. The summed E-state index contributed by atoms with van der Waals surface area (Å²) in [6, 6.07) is 2.40. The first-order chi connectivity index (χ1) is 23.7. The van der Waals surface area contributed by atoms with Gasteiger partial charge in [0.05, 0.1) is 5.34 Å². The summed E-state index contributed by atoms with van der Waals surface area (Å²) in [6.07, 6.45) is 5.31. The number of allylic oxidation sites excluding steroid dienone is 1. The maximum atomic E-state index is 10.8. The van der Waals surface area contributed by atoms with E-state index in [1.54, 1.807) is 5.94 Å². The van der Waals surface area contributed by atoms with Gasteiger partial charge in [-0.2, -0.15) is 0 Å². The summed E-state index contributed by atoms with van der Waals surface area (Å²) in [5.74, 6) is 2.31. The Labute approximate surface area is 308 Å². The number of guanidine groups is 1. The van der Waals surface area contributed by atoms with E-state index in [1.165, 1.54) is 12.1 Å². The standard InChI is InChI=1S/C7H11N3O2.C6H11N3O.C4H3ClN2O2.C4H6O.C3H9N.C2H6N2OP2.CH2Cl2/c1-2-3-8-5-4-6(11)10-7(12)9-5;1-2-3-7-6-8-4-5(10)9-6;5-2-1-3(8)7-4(9)6-2;1-2-3-4-5;1-2-3-4;3-2(5)1-4-7-6;2-1-3/h4H,2-3H2,1H3,(H3,8,9,10,11,12);2-4H2,1H3,(H2,7,8,9,10);1H,(H2,6,7,8,9);3H,2H2,1H3;2-4H2,1H3;1,6H2,(H2,3,5);1H2. The Bertz CT molecular complexity index is 1450. The molecule has 1 unspecified atom stereocenters. The van der Waals surface area contributed by atoms with Crippen molar-refractivity contribution in [2.75, 3.05) is 43.4 Å². The molecular formula is C27H48Cl3N11O7P2. The van der Waals surface area contributed by atoms with Crippen LogP contribution in [0.1, 0.15) is 53.4 Å². The summed E-state index contributed by atoms with van der Waals surface area (Å²) < 4.78 is 3.63. The predicted octanol–water partition coefficient (Wildman–Crippen LogP) is 2.03. The van der Waals surface area contributed by atoms with Crippen LogP contribution in [0.15, 0.2) is 47.1 Å². The number of primary amides is 1. The third-order valence-electron chi connectivity index (χ3n) is 4.12. The number of amides is 2. The van der Waals surface area contributed by atoms with Crippen molar-refractivity contribution in [1.29, 1.82) is 0 Å². The van der Waals surface area contributed by atoms with Gasteiger partial charge in [0.15, 0.2) is 5.96 Å². The molecule has 2 aromatic rings. The lowest BCUT2D eigenvalue weighted by Gasteiger charge is -2.01. The Kier molecular flexibility index (Phi) is 42.3. The van der Waals surface area contributed by atoms with Crippen LogP contribution in [-0.4, -0.2) is 81.7 Å². The average molecular weight is 807 g/mol. The van der Waals surface area contributed by atoms with Crippen molar-refractivity contribution < 1.29 is 14.4 Å². The van der Waals surface area contributed by atoms with Crippen LogP contribution in [0, 0.1) is 0 Å². The number of hydrogen-bond acceptors (Lipinski definition) is 12. The monoisotopic (exact) mass is 805 g/mol. The van der Waals surface area contributed by atoms with Gasteiger partial charge in [-0.25, -0.2) is 19.4 Å². The van der Waals surface area contributed by atoms with Gasteiger partial charge in [0.25, 0.3) is 11.1 Å². The van der Waals surface area contributed by atoms with E-state index in [9.17, 15) is 33.6 Å². The number of nitrogens with two attached hydrogens (primary N) is 2. The fourth-order valence-electron chi connectivity index (χ4n) is 2.16. The zero-order valence-electron chi connectivity index (χ0n) is 28.4. The van der Waals surface area contributed by atoms with Gasteiger partial charge >= 0.3 is 11.4 Å². The number of aromatic amines is 4. The molecule has 0 saturated heterocycles. The molecule has 3 heterocycles. The molecule has 1 aliphatic rings. The lowest BCUT2D eigenvalue weighted by Crippen LogP contribution is -2.36. The minimum absolute atomic E-state index is 0.0291. The molecule has 1 atom stereocenters. The molecule has 0 spiro atoms. The third kappa shape index (κ3) is 42.4. The Balaban J connectivity index is -0.000000258. The van der Waals surface area contributed by atoms with Gasteiger partial charge in [-0.1, -0.05) is 48.2 Å². The van der Waals surface area contributed by atoms with E-state index in [2.05, 4.69) is 63.4 Å². The Hall–Kier alpha value is -3.62. The molecule has 3 rings (SSSR count). The molecule has 0 fully saturated rings. The molecule has 0 bridgehead atoms. The van der Waals surface area contributed by atoms with Gasteiger partial charge in [-0.15, -0.1) is 23.2 Å². The van der Waals surface area contributed by atoms with Crippen LogP contribution < -0.4 is 49.9 Å². The number of hydrogen-bond donors (Lipinski definition) is 9. The smallest absolute Gasteiger partial charge is 0.327 e. The highest BCUT2D eigenvalue weighted by molar-refractivity contribution is 7.97. The number of carbonyl (C=O) groups is 2. The Morgan fingerprint density at radius 1 is 0.980 bits per heavy atom. The zero-order chi connectivity index (χ0) is 39.2. The number of aliphatic imine (C=N–C) groups is 1. The lowest BCUT2D eigenvalue weighted by molar-refractivity contribution is -0.118. The molecule has 284 valence electrons. The summed E-state index contributed by atoms with van der Waals surface area (Å²) in [5, 5.41) is 8.71. The maximum Gasteiger partial charge on any atom is 0.327 e. The van der Waals surface area contributed by atoms with E-state index >= 15 is 0 Å². The van der Waals surface area contributed by atoms with Gasteiger partial charge in [-0.3, -0.25) is 49.2 Å². The van der Waals surface area contributed by atoms with Crippen molar-refractivity contribution >= 4 is 81.3 Å². The lowest BCUT2D eigenvalue weighted by atomic mass is 10.4. The van der Waals surface area contributed by atoms with Crippen molar-refractivity contribution in [2.45, 2.75) is 53.4 Å². The van der Waals surface area contributed by atoms with Crippen LogP contribution in [0.3, 0.4) is 0 Å². The minimum Gasteiger partial charge on any atom is -0.371 e. The molecule has 0 aromatic carbocycles. The van der Waals surface area contributed by atoms with Gasteiger partial charge in [0.1, 0.15) is 30.0 Å². The Morgan fingerprint density at radius 3 is 1.82 bits per heavy atom. The second-order valence-electron chi connectivity index (χ2n) is 8.50. The maximum absolute atomic E-state index is 10.8. The molecule has 0 saturated carbocycles. The fraction of sp³-hybridized carbons (Fsp3) is 0.519. The molecule has 1 aliphatic heterocycles. The summed E-state index contributed by atoms with van der Waals surface area (Å²) in [6.45, 7) is 10.8. The molecule has 11 N–H and O–H groups in total. The zero-order valence-corrected chi connectivity index (χ0v) is 32.7. The molecule has 2 aromatic heterocycles. The van der Waals surface area contributed by atoms with Crippen LogP contribution >= 0.6 is 51.8 Å². The molecule has 2 amide bonds. The van der Waals surface area contributed by atoms with Crippen molar-refractivity contribution in [2.24, 2.45) is 21.2 Å². The van der Waals surface area contributed by atoms with E-state index in [0.29, 0.717) is 11.8 Å². The molecular weight excluding hydrogens is 759 g/mol. The van der Waals surface area contributed by atoms with Crippen molar-refractivity contribution in [1.82, 2.24) is 30.6 Å². The first-order valence-electron chi connectivity index (χ1n) is 14.8.